The van der Waals surface area contributed by atoms with Crippen LogP contribution in [0.4, 0.5) is 0 Å². The molecule has 0 atom stereocenters. The molecule has 29 heavy (non-hydrogen) atoms. The Labute approximate surface area is 174 Å². The van der Waals surface area contributed by atoms with E-state index in [0.717, 1.165) is 6.42 Å². The normalized spacial score (nSPS) is 11.4. The lowest BCUT2D eigenvalue weighted by Gasteiger charge is -2.20. The maximum absolute atomic E-state index is 2.36. The first-order valence-electron chi connectivity index (χ1n) is 10.3. The first-order chi connectivity index (χ1) is 14.0. The summed E-state index contributed by atoms with van der Waals surface area (Å²) in [4.78, 5) is 0. The van der Waals surface area contributed by atoms with Crippen LogP contribution >= 0.6 is 0 Å². The summed E-state index contributed by atoms with van der Waals surface area (Å²) in [5.74, 6) is 0. The number of benzene rings is 4. The topological polar surface area (TPSA) is 0 Å². The van der Waals surface area contributed by atoms with Gasteiger partial charge in [0, 0.05) is 0 Å². The third kappa shape index (κ3) is 4.66. The molecule has 0 N–H and O–H groups in total. The molecule has 0 aliphatic rings. The standard InChI is InChI=1S/C29H28/c1-29(2,3)28-16-10-11-22(20-28)17-23-18-26(24-12-6-4-7-13-24)21-27(19-23)25-14-8-5-9-15-25/h4-16,18-21H,17H2,1-3H3. The van der Waals surface area contributed by atoms with E-state index in [2.05, 4.69) is 124 Å². The van der Waals surface area contributed by atoms with Crippen LogP contribution in [0.3, 0.4) is 0 Å². The fourth-order valence-corrected chi connectivity index (χ4v) is 3.77. The molecule has 0 heteroatoms. The zero-order valence-corrected chi connectivity index (χ0v) is 17.5. The molecule has 4 rings (SSSR count). The van der Waals surface area contributed by atoms with E-state index >= 15 is 0 Å². The zero-order chi connectivity index (χ0) is 20.3. The zero-order valence-electron chi connectivity index (χ0n) is 17.5. The average Bonchev–Trinajstić information content (AvgIpc) is 2.74. The van der Waals surface area contributed by atoms with Gasteiger partial charge in [-0.25, -0.2) is 0 Å². The molecule has 0 radical (unpaired) electrons. The molecule has 0 fully saturated rings. The van der Waals surface area contributed by atoms with Gasteiger partial charge in [-0.15, -0.1) is 0 Å². The summed E-state index contributed by atoms with van der Waals surface area (Å²) in [6, 6.07) is 37.3. The Balaban J connectivity index is 1.77. The summed E-state index contributed by atoms with van der Waals surface area (Å²) >= 11 is 0. The first kappa shape index (κ1) is 19.2. The monoisotopic (exact) mass is 376 g/mol. The lowest BCUT2D eigenvalue weighted by atomic mass is 9.85. The number of hydrogen-bond acceptors (Lipinski definition) is 0. The quantitative estimate of drug-likeness (QED) is 0.339. The SMILES string of the molecule is CC(C)(C)c1cccc(Cc2cc(-c3ccccc3)cc(-c3ccccc3)c2)c1. The summed E-state index contributed by atoms with van der Waals surface area (Å²) in [6.45, 7) is 6.82. The minimum absolute atomic E-state index is 0.164. The van der Waals surface area contributed by atoms with Crippen LogP contribution in [0.15, 0.2) is 103 Å². The molecule has 0 saturated heterocycles. The Morgan fingerprint density at radius 1 is 0.483 bits per heavy atom. The van der Waals surface area contributed by atoms with Crippen LogP contribution in [-0.2, 0) is 11.8 Å². The Morgan fingerprint density at radius 3 is 1.55 bits per heavy atom. The van der Waals surface area contributed by atoms with Gasteiger partial charge in [-0.05, 0) is 56.8 Å². The average molecular weight is 377 g/mol. The van der Waals surface area contributed by atoms with Gasteiger partial charge in [0.2, 0.25) is 0 Å². The van der Waals surface area contributed by atoms with Crippen molar-refractivity contribution in [1.82, 2.24) is 0 Å². The second-order valence-corrected chi connectivity index (χ2v) is 8.78. The molecular weight excluding hydrogens is 348 g/mol. The second kappa shape index (κ2) is 8.09. The molecule has 0 unspecified atom stereocenters. The fourth-order valence-electron chi connectivity index (χ4n) is 3.77. The van der Waals surface area contributed by atoms with Crippen molar-refractivity contribution < 1.29 is 0 Å². The molecule has 0 spiro atoms. The highest BCUT2D eigenvalue weighted by Gasteiger charge is 2.14. The molecule has 144 valence electrons. The van der Waals surface area contributed by atoms with Gasteiger partial charge < -0.3 is 0 Å². The van der Waals surface area contributed by atoms with E-state index in [0.29, 0.717) is 0 Å². The highest BCUT2D eigenvalue weighted by Crippen LogP contribution is 2.30. The summed E-state index contributed by atoms with van der Waals surface area (Å²) in [7, 11) is 0. The molecule has 4 aromatic carbocycles. The van der Waals surface area contributed by atoms with Crippen molar-refractivity contribution in [3.8, 4) is 22.3 Å². The van der Waals surface area contributed by atoms with E-state index in [-0.39, 0.29) is 5.41 Å². The van der Waals surface area contributed by atoms with Crippen molar-refractivity contribution in [2.45, 2.75) is 32.6 Å². The van der Waals surface area contributed by atoms with Gasteiger partial charge in [0.25, 0.3) is 0 Å². The minimum Gasteiger partial charge on any atom is -0.0622 e. The van der Waals surface area contributed by atoms with E-state index in [4.69, 9.17) is 0 Å². The summed E-state index contributed by atoms with van der Waals surface area (Å²) in [5, 5.41) is 0. The third-order valence-electron chi connectivity index (χ3n) is 5.41. The van der Waals surface area contributed by atoms with Crippen LogP contribution in [-0.4, -0.2) is 0 Å². The molecule has 0 bridgehead atoms. The molecular formula is C29H28. The van der Waals surface area contributed by atoms with Crippen molar-refractivity contribution in [3.05, 3.63) is 120 Å². The van der Waals surface area contributed by atoms with Crippen LogP contribution in [0.25, 0.3) is 22.3 Å². The van der Waals surface area contributed by atoms with Gasteiger partial charge in [0.05, 0.1) is 0 Å². The van der Waals surface area contributed by atoms with Gasteiger partial charge in [-0.3, -0.25) is 0 Å². The molecule has 0 amide bonds. The molecule has 0 saturated carbocycles. The molecule has 4 aromatic rings. The third-order valence-corrected chi connectivity index (χ3v) is 5.41. The Hall–Kier alpha value is -3.12. The van der Waals surface area contributed by atoms with Crippen LogP contribution in [0, 0.1) is 0 Å². The van der Waals surface area contributed by atoms with Crippen molar-refractivity contribution in [2.24, 2.45) is 0 Å². The largest absolute Gasteiger partial charge is 0.0622 e. The Bertz CT molecular complexity index is 1030. The van der Waals surface area contributed by atoms with Crippen molar-refractivity contribution in [1.29, 1.82) is 0 Å². The lowest BCUT2D eigenvalue weighted by molar-refractivity contribution is 0.589. The van der Waals surface area contributed by atoms with Gasteiger partial charge in [-0.1, -0.05) is 118 Å². The number of rotatable bonds is 4. The smallest absolute Gasteiger partial charge is 0.00252 e. The molecule has 0 aliphatic heterocycles. The molecule has 0 aromatic heterocycles. The van der Waals surface area contributed by atoms with E-state index in [1.807, 2.05) is 0 Å². The minimum atomic E-state index is 0.164. The van der Waals surface area contributed by atoms with Crippen molar-refractivity contribution in [3.63, 3.8) is 0 Å². The van der Waals surface area contributed by atoms with Crippen LogP contribution < -0.4 is 0 Å². The molecule has 0 aliphatic carbocycles. The van der Waals surface area contributed by atoms with Crippen molar-refractivity contribution >= 4 is 0 Å². The summed E-state index contributed by atoms with van der Waals surface area (Å²) in [5.41, 5.74) is 9.32. The second-order valence-electron chi connectivity index (χ2n) is 8.78. The van der Waals surface area contributed by atoms with Crippen LogP contribution in [0.1, 0.15) is 37.5 Å². The predicted molar refractivity (Wildman–Crippen MR) is 125 cm³/mol. The Morgan fingerprint density at radius 2 is 1.03 bits per heavy atom. The van der Waals surface area contributed by atoms with E-state index < -0.39 is 0 Å². The van der Waals surface area contributed by atoms with Crippen molar-refractivity contribution in [2.75, 3.05) is 0 Å². The lowest BCUT2D eigenvalue weighted by Crippen LogP contribution is -2.11. The highest BCUT2D eigenvalue weighted by atomic mass is 14.2. The van der Waals surface area contributed by atoms with Gasteiger partial charge in [0.1, 0.15) is 0 Å². The first-order valence-corrected chi connectivity index (χ1v) is 10.3. The number of hydrogen-bond donors (Lipinski definition) is 0. The fraction of sp³-hybridized carbons (Fsp3) is 0.172. The molecule has 0 nitrogen and oxygen atoms in total. The van der Waals surface area contributed by atoms with Gasteiger partial charge >= 0.3 is 0 Å². The van der Waals surface area contributed by atoms with Crippen LogP contribution in [0.2, 0.25) is 0 Å². The maximum atomic E-state index is 2.36. The van der Waals surface area contributed by atoms with Gasteiger partial charge in [0.15, 0.2) is 0 Å². The van der Waals surface area contributed by atoms with E-state index in [1.165, 1.54) is 38.9 Å². The van der Waals surface area contributed by atoms with E-state index in [1.54, 1.807) is 0 Å². The van der Waals surface area contributed by atoms with E-state index in [9.17, 15) is 0 Å². The maximum Gasteiger partial charge on any atom is -0.00252 e. The Kier molecular flexibility index (Phi) is 5.36. The molecule has 0 heterocycles. The summed E-state index contributed by atoms with van der Waals surface area (Å²) < 4.78 is 0. The predicted octanol–water partition coefficient (Wildman–Crippen LogP) is 7.91. The van der Waals surface area contributed by atoms with Crippen LogP contribution in [0.5, 0.6) is 0 Å². The highest BCUT2D eigenvalue weighted by molar-refractivity contribution is 5.74. The van der Waals surface area contributed by atoms with Gasteiger partial charge in [-0.2, -0.15) is 0 Å². The summed E-state index contributed by atoms with van der Waals surface area (Å²) in [6.07, 6.45) is 0.935.